The van der Waals surface area contributed by atoms with Gasteiger partial charge in [-0.25, -0.2) is 8.42 Å². The molecule has 1 saturated heterocycles. The van der Waals surface area contributed by atoms with Gasteiger partial charge in [0.1, 0.15) is 0 Å². The van der Waals surface area contributed by atoms with Crippen molar-refractivity contribution in [1.29, 1.82) is 0 Å². The predicted octanol–water partition coefficient (Wildman–Crippen LogP) is 2.20. The summed E-state index contributed by atoms with van der Waals surface area (Å²) >= 11 is 0. The first kappa shape index (κ1) is 15.2. The van der Waals surface area contributed by atoms with Crippen molar-refractivity contribution in [2.24, 2.45) is 0 Å². The third-order valence-corrected chi connectivity index (χ3v) is 5.79. The Bertz CT molecular complexity index is 728. The molecule has 6 nitrogen and oxygen atoms in total. The third kappa shape index (κ3) is 2.91. The highest BCUT2D eigenvalue weighted by Crippen LogP contribution is 2.29. The van der Waals surface area contributed by atoms with Crippen LogP contribution in [0.5, 0.6) is 0 Å². The van der Waals surface area contributed by atoms with Crippen molar-refractivity contribution in [3.8, 4) is 0 Å². The molecule has 2 heterocycles. The van der Waals surface area contributed by atoms with E-state index in [1.807, 2.05) is 13.0 Å². The Labute approximate surface area is 130 Å². The normalized spacial score (nSPS) is 20.1. The highest BCUT2D eigenvalue weighted by molar-refractivity contribution is 7.89. The van der Waals surface area contributed by atoms with Gasteiger partial charge in [0.25, 0.3) is 0 Å². The minimum atomic E-state index is -3.46. The van der Waals surface area contributed by atoms with Crippen LogP contribution in [0, 0.1) is 0 Å². The van der Waals surface area contributed by atoms with Gasteiger partial charge in [-0.2, -0.15) is 9.29 Å². The number of hydrogen-bond donors (Lipinski definition) is 0. The van der Waals surface area contributed by atoms with Crippen LogP contribution in [0.4, 0.5) is 0 Å². The maximum Gasteiger partial charge on any atom is 0.243 e. The zero-order valence-electron chi connectivity index (χ0n) is 12.5. The number of aryl methyl sites for hydroxylation is 1. The zero-order chi connectivity index (χ0) is 15.6. The van der Waals surface area contributed by atoms with Crippen molar-refractivity contribution in [3.05, 3.63) is 42.0 Å². The Hall–Kier alpha value is -1.73. The molecule has 1 aliphatic rings. The molecule has 0 unspecified atom stereocenters. The standard InChI is InChI=1S/C15H19N3O3S/c1-2-14-16-15(21-17-14)12-7-6-10-18(11-12)22(19,20)13-8-4-3-5-9-13/h3-5,8-9,12H,2,6-7,10-11H2,1H3/t12-/m1/s1. The first-order valence-corrected chi connectivity index (χ1v) is 8.93. The van der Waals surface area contributed by atoms with E-state index in [2.05, 4.69) is 10.1 Å². The van der Waals surface area contributed by atoms with E-state index < -0.39 is 10.0 Å². The van der Waals surface area contributed by atoms with Crippen molar-refractivity contribution in [3.63, 3.8) is 0 Å². The molecule has 0 bridgehead atoms. The minimum Gasteiger partial charge on any atom is -0.339 e. The number of rotatable bonds is 4. The first-order valence-electron chi connectivity index (χ1n) is 7.49. The van der Waals surface area contributed by atoms with Crippen molar-refractivity contribution in [1.82, 2.24) is 14.4 Å². The van der Waals surface area contributed by atoms with E-state index in [1.54, 1.807) is 24.3 Å². The lowest BCUT2D eigenvalue weighted by atomic mass is 10.00. The summed E-state index contributed by atoms with van der Waals surface area (Å²) < 4.78 is 32.2. The summed E-state index contributed by atoms with van der Waals surface area (Å²) in [6.07, 6.45) is 2.37. The number of aromatic nitrogens is 2. The molecule has 3 rings (SSSR count). The van der Waals surface area contributed by atoms with Gasteiger partial charge >= 0.3 is 0 Å². The highest BCUT2D eigenvalue weighted by Gasteiger charge is 2.33. The lowest BCUT2D eigenvalue weighted by Crippen LogP contribution is -2.39. The van der Waals surface area contributed by atoms with Crippen LogP contribution in [0.25, 0.3) is 0 Å². The molecule has 0 radical (unpaired) electrons. The summed E-state index contributed by atoms with van der Waals surface area (Å²) in [7, 11) is -3.46. The van der Waals surface area contributed by atoms with E-state index in [-0.39, 0.29) is 5.92 Å². The van der Waals surface area contributed by atoms with E-state index in [4.69, 9.17) is 4.52 Å². The van der Waals surface area contributed by atoms with E-state index in [9.17, 15) is 8.42 Å². The quantitative estimate of drug-likeness (QED) is 0.863. The van der Waals surface area contributed by atoms with E-state index >= 15 is 0 Å². The van der Waals surface area contributed by atoms with Crippen LogP contribution < -0.4 is 0 Å². The Morgan fingerprint density at radius 3 is 2.77 bits per heavy atom. The average molecular weight is 321 g/mol. The summed E-state index contributed by atoms with van der Waals surface area (Å²) in [5.74, 6) is 1.18. The number of sulfonamides is 1. The molecule has 0 saturated carbocycles. The minimum absolute atomic E-state index is 0.0277. The summed E-state index contributed by atoms with van der Waals surface area (Å²) in [5.41, 5.74) is 0. The fourth-order valence-corrected chi connectivity index (χ4v) is 4.23. The molecule has 118 valence electrons. The first-order chi connectivity index (χ1) is 10.6. The molecule has 1 atom stereocenters. The molecular formula is C15H19N3O3S. The van der Waals surface area contributed by atoms with Gasteiger partial charge in [-0.15, -0.1) is 0 Å². The van der Waals surface area contributed by atoms with Crippen LogP contribution in [0.3, 0.4) is 0 Å². The fourth-order valence-electron chi connectivity index (χ4n) is 2.68. The summed E-state index contributed by atoms with van der Waals surface area (Å²) in [4.78, 5) is 4.67. The Balaban J connectivity index is 1.81. The Morgan fingerprint density at radius 1 is 1.32 bits per heavy atom. The Kier molecular flexibility index (Phi) is 4.26. The summed E-state index contributed by atoms with van der Waals surface area (Å²) in [5, 5.41) is 3.90. The molecule has 0 aliphatic carbocycles. The van der Waals surface area contributed by atoms with E-state index in [0.717, 1.165) is 12.8 Å². The van der Waals surface area contributed by atoms with Crippen LogP contribution in [-0.4, -0.2) is 36.0 Å². The smallest absolute Gasteiger partial charge is 0.243 e. The molecule has 1 aromatic carbocycles. The highest BCUT2D eigenvalue weighted by atomic mass is 32.2. The largest absolute Gasteiger partial charge is 0.339 e. The fraction of sp³-hybridized carbons (Fsp3) is 0.467. The van der Waals surface area contributed by atoms with Crippen LogP contribution in [0.2, 0.25) is 0 Å². The van der Waals surface area contributed by atoms with E-state index in [0.29, 0.717) is 36.1 Å². The van der Waals surface area contributed by atoms with Crippen molar-refractivity contribution < 1.29 is 12.9 Å². The van der Waals surface area contributed by atoms with Crippen molar-refractivity contribution >= 4 is 10.0 Å². The second-order valence-electron chi connectivity index (χ2n) is 5.42. The van der Waals surface area contributed by atoms with Crippen molar-refractivity contribution in [2.75, 3.05) is 13.1 Å². The van der Waals surface area contributed by atoms with Crippen LogP contribution in [-0.2, 0) is 16.4 Å². The Morgan fingerprint density at radius 2 is 2.09 bits per heavy atom. The molecule has 1 aliphatic heterocycles. The maximum atomic E-state index is 12.7. The summed E-state index contributed by atoms with van der Waals surface area (Å²) in [6, 6.07) is 8.53. The molecule has 0 N–H and O–H groups in total. The summed E-state index contributed by atoms with van der Waals surface area (Å²) in [6.45, 7) is 2.88. The topological polar surface area (TPSA) is 76.3 Å². The molecule has 0 spiro atoms. The van der Waals surface area contributed by atoms with Crippen LogP contribution >= 0.6 is 0 Å². The predicted molar refractivity (Wildman–Crippen MR) is 80.9 cm³/mol. The van der Waals surface area contributed by atoms with Gasteiger partial charge in [0.15, 0.2) is 5.82 Å². The number of hydrogen-bond acceptors (Lipinski definition) is 5. The van der Waals surface area contributed by atoms with Crippen LogP contribution in [0.15, 0.2) is 39.8 Å². The lowest BCUT2D eigenvalue weighted by molar-refractivity contribution is 0.265. The molecule has 22 heavy (non-hydrogen) atoms. The number of benzene rings is 1. The molecule has 1 fully saturated rings. The molecular weight excluding hydrogens is 302 g/mol. The molecule has 1 aromatic heterocycles. The second kappa shape index (κ2) is 6.18. The SMILES string of the molecule is CCc1noc([C@@H]2CCCN(S(=O)(=O)c3ccccc3)C2)n1. The van der Waals surface area contributed by atoms with Crippen molar-refractivity contribution in [2.45, 2.75) is 37.0 Å². The van der Waals surface area contributed by atoms with Gasteiger partial charge in [0, 0.05) is 19.5 Å². The van der Waals surface area contributed by atoms with Gasteiger partial charge in [0.05, 0.1) is 10.8 Å². The second-order valence-corrected chi connectivity index (χ2v) is 7.36. The number of piperidine rings is 1. The monoisotopic (exact) mass is 321 g/mol. The lowest BCUT2D eigenvalue weighted by Gasteiger charge is -2.30. The van der Waals surface area contributed by atoms with Gasteiger partial charge in [-0.3, -0.25) is 0 Å². The van der Waals surface area contributed by atoms with Gasteiger partial charge < -0.3 is 4.52 Å². The van der Waals surface area contributed by atoms with E-state index in [1.165, 1.54) is 4.31 Å². The van der Waals surface area contributed by atoms with Crippen LogP contribution in [0.1, 0.15) is 37.4 Å². The van der Waals surface area contributed by atoms with Gasteiger partial charge in [0.2, 0.25) is 15.9 Å². The van der Waals surface area contributed by atoms with Gasteiger partial charge in [-0.1, -0.05) is 30.3 Å². The third-order valence-electron chi connectivity index (χ3n) is 3.91. The molecule has 0 amide bonds. The molecule has 7 heteroatoms. The molecule has 2 aromatic rings. The zero-order valence-corrected chi connectivity index (χ0v) is 13.3. The maximum absolute atomic E-state index is 12.7. The number of nitrogens with zero attached hydrogens (tertiary/aromatic N) is 3. The average Bonchev–Trinajstić information content (AvgIpc) is 3.05. The van der Waals surface area contributed by atoms with Gasteiger partial charge in [-0.05, 0) is 25.0 Å².